The van der Waals surface area contributed by atoms with Gasteiger partial charge in [0.1, 0.15) is 10.7 Å². The summed E-state index contributed by atoms with van der Waals surface area (Å²) in [6.07, 6.45) is 0. The molecule has 6 nitrogen and oxygen atoms in total. The lowest BCUT2D eigenvalue weighted by atomic mass is 10.1. The van der Waals surface area contributed by atoms with Crippen LogP contribution in [-0.4, -0.2) is 43.2 Å². The Morgan fingerprint density at radius 2 is 2.15 bits per heavy atom. The molecule has 0 bridgehead atoms. The third kappa shape index (κ3) is 4.35. The Labute approximate surface area is 124 Å². The van der Waals surface area contributed by atoms with Crippen LogP contribution in [0.1, 0.15) is 37.4 Å². The number of rotatable bonds is 7. The van der Waals surface area contributed by atoms with Gasteiger partial charge >= 0.3 is 0 Å². The molecule has 0 saturated carbocycles. The Morgan fingerprint density at radius 1 is 1.50 bits per heavy atom. The van der Waals surface area contributed by atoms with Crippen LogP contribution in [0.25, 0.3) is 0 Å². The molecule has 0 unspecified atom stereocenters. The van der Waals surface area contributed by atoms with Gasteiger partial charge in [-0.1, -0.05) is 11.3 Å². The summed E-state index contributed by atoms with van der Waals surface area (Å²) in [6.45, 7) is 9.66. The highest BCUT2D eigenvalue weighted by Gasteiger charge is 2.22. The third-order valence-corrected chi connectivity index (χ3v) is 4.04. The highest BCUT2D eigenvalue weighted by molar-refractivity contribution is 7.18. The lowest BCUT2D eigenvalue weighted by Crippen LogP contribution is -2.40. The summed E-state index contributed by atoms with van der Waals surface area (Å²) >= 11 is 1.30. The minimum Gasteiger partial charge on any atom is -0.382 e. The molecule has 0 radical (unpaired) electrons. The highest BCUT2D eigenvalue weighted by Crippen LogP contribution is 2.27. The predicted octanol–water partition coefficient (Wildman–Crippen LogP) is 1.73. The van der Waals surface area contributed by atoms with E-state index in [0.717, 1.165) is 11.7 Å². The number of nitrogen functional groups attached to an aromatic ring is 1. The zero-order chi connectivity index (χ0) is 15.3. The Bertz CT molecular complexity index is 459. The minimum absolute atomic E-state index is 0.205. The molecule has 0 aliphatic heterocycles. The lowest BCUT2D eigenvalue weighted by molar-refractivity contribution is -0.00812. The summed E-state index contributed by atoms with van der Waals surface area (Å²) in [4.78, 5) is 18.8. The van der Waals surface area contributed by atoms with E-state index < -0.39 is 5.60 Å². The number of ether oxygens (including phenoxy) is 1. The van der Waals surface area contributed by atoms with Gasteiger partial charge in [0, 0.05) is 26.7 Å². The van der Waals surface area contributed by atoms with Gasteiger partial charge in [-0.15, -0.1) is 0 Å². The van der Waals surface area contributed by atoms with E-state index in [9.17, 15) is 4.79 Å². The van der Waals surface area contributed by atoms with Crippen molar-refractivity contribution in [2.75, 3.05) is 37.4 Å². The van der Waals surface area contributed by atoms with Crippen LogP contribution >= 0.6 is 11.3 Å². The van der Waals surface area contributed by atoms with Crippen molar-refractivity contribution in [3.63, 3.8) is 0 Å². The number of aromatic nitrogens is 1. The van der Waals surface area contributed by atoms with E-state index in [1.165, 1.54) is 11.3 Å². The normalized spacial score (nSPS) is 11.4. The molecule has 20 heavy (non-hydrogen) atoms. The molecule has 0 spiro atoms. The molecule has 1 heterocycles. The van der Waals surface area contributed by atoms with E-state index in [2.05, 4.69) is 10.3 Å². The average Bonchev–Trinajstić information content (AvgIpc) is 2.77. The van der Waals surface area contributed by atoms with E-state index in [0.29, 0.717) is 18.0 Å². The monoisotopic (exact) mass is 300 g/mol. The molecule has 1 rings (SSSR count). The second kappa shape index (κ2) is 6.90. The van der Waals surface area contributed by atoms with Crippen LogP contribution in [0.2, 0.25) is 0 Å². The standard InChI is InChI=1S/C13H24N4O2S/c1-6-17(5)12-16-10(14)9(20-12)11(18)15-8-13(3,4)19-7-2/h6-8,14H2,1-5H3,(H,15,18). The van der Waals surface area contributed by atoms with Crippen molar-refractivity contribution < 1.29 is 9.53 Å². The van der Waals surface area contributed by atoms with Crippen LogP contribution in [0.4, 0.5) is 10.9 Å². The molecular weight excluding hydrogens is 276 g/mol. The fourth-order valence-electron chi connectivity index (χ4n) is 1.60. The molecule has 0 aliphatic carbocycles. The zero-order valence-electron chi connectivity index (χ0n) is 12.8. The Morgan fingerprint density at radius 3 is 2.70 bits per heavy atom. The second-order valence-electron chi connectivity index (χ2n) is 5.10. The molecular formula is C13H24N4O2S. The first-order valence-electron chi connectivity index (χ1n) is 6.70. The maximum Gasteiger partial charge on any atom is 0.265 e. The number of hydrogen-bond donors (Lipinski definition) is 2. The van der Waals surface area contributed by atoms with Gasteiger partial charge < -0.3 is 20.7 Å². The predicted molar refractivity (Wildman–Crippen MR) is 83.5 cm³/mol. The summed E-state index contributed by atoms with van der Waals surface area (Å²) in [6, 6.07) is 0. The van der Waals surface area contributed by atoms with Crippen molar-refractivity contribution in [2.45, 2.75) is 33.3 Å². The number of hydrogen-bond acceptors (Lipinski definition) is 6. The second-order valence-corrected chi connectivity index (χ2v) is 6.08. The molecule has 0 aliphatic rings. The van der Waals surface area contributed by atoms with E-state index in [-0.39, 0.29) is 11.7 Å². The number of anilines is 2. The number of carbonyl (C=O) groups is 1. The molecule has 1 aromatic heterocycles. The molecule has 114 valence electrons. The molecule has 0 atom stereocenters. The first-order valence-corrected chi connectivity index (χ1v) is 7.52. The van der Waals surface area contributed by atoms with Crippen molar-refractivity contribution in [1.82, 2.24) is 10.3 Å². The van der Waals surface area contributed by atoms with E-state index in [1.54, 1.807) is 0 Å². The largest absolute Gasteiger partial charge is 0.382 e. The minimum atomic E-state index is -0.396. The van der Waals surface area contributed by atoms with Crippen LogP contribution in [0.5, 0.6) is 0 Å². The van der Waals surface area contributed by atoms with Gasteiger partial charge in [-0.2, -0.15) is 0 Å². The first kappa shape index (κ1) is 16.7. The SMILES string of the molecule is CCOC(C)(C)CNC(=O)c1sc(N(C)CC)nc1N. The van der Waals surface area contributed by atoms with Crippen LogP contribution in [0, 0.1) is 0 Å². The van der Waals surface area contributed by atoms with E-state index >= 15 is 0 Å². The number of amides is 1. The summed E-state index contributed by atoms with van der Waals surface area (Å²) in [5.41, 5.74) is 5.42. The van der Waals surface area contributed by atoms with Crippen LogP contribution in [0.3, 0.4) is 0 Å². The number of nitrogens with one attached hydrogen (secondary N) is 1. The smallest absolute Gasteiger partial charge is 0.265 e. The number of carbonyl (C=O) groups excluding carboxylic acids is 1. The Hall–Kier alpha value is -1.34. The van der Waals surface area contributed by atoms with Gasteiger partial charge in [-0.3, -0.25) is 4.79 Å². The topological polar surface area (TPSA) is 80.5 Å². The van der Waals surface area contributed by atoms with Gasteiger partial charge in [0.2, 0.25) is 0 Å². The van der Waals surface area contributed by atoms with E-state index in [1.807, 2.05) is 39.6 Å². The van der Waals surface area contributed by atoms with Gasteiger partial charge in [-0.05, 0) is 27.7 Å². The van der Waals surface area contributed by atoms with Crippen molar-refractivity contribution in [3.05, 3.63) is 4.88 Å². The Balaban J connectivity index is 2.71. The lowest BCUT2D eigenvalue weighted by Gasteiger charge is -2.24. The summed E-state index contributed by atoms with van der Waals surface area (Å²) in [7, 11) is 1.91. The van der Waals surface area contributed by atoms with Gasteiger partial charge in [-0.25, -0.2) is 4.98 Å². The van der Waals surface area contributed by atoms with Crippen molar-refractivity contribution in [2.24, 2.45) is 0 Å². The van der Waals surface area contributed by atoms with Gasteiger partial charge in [0.05, 0.1) is 5.60 Å². The van der Waals surface area contributed by atoms with Gasteiger partial charge in [0.25, 0.3) is 5.91 Å². The molecule has 3 N–H and O–H groups in total. The molecule has 7 heteroatoms. The van der Waals surface area contributed by atoms with Crippen molar-refractivity contribution >= 4 is 28.2 Å². The van der Waals surface area contributed by atoms with Crippen LogP contribution in [-0.2, 0) is 4.74 Å². The number of nitrogens with two attached hydrogens (primary N) is 1. The van der Waals surface area contributed by atoms with E-state index in [4.69, 9.17) is 10.5 Å². The quantitative estimate of drug-likeness (QED) is 0.801. The molecule has 1 aromatic rings. The fraction of sp³-hybridized carbons (Fsp3) is 0.692. The summed E-state index contributed by atoms with van der Waals surface area (Å²) in [5, 5.41) is 3.59. The van der Waals surface area contributed by atoms with Crippen LogP contribution in [0.15, 0.2) is 0 Å². The summed E-state index contributed by atoms with van der Waals surface area (Å²) < 4.78 is 5.54. The maximum absolute atomic E-state index is 12.1. The van der Waals surface area contributed by atoms with Crippen molar-refractivity contribution in [1.29, 1.82) is 0 Å². The third-order valence-electron chi connectivity index (χ3n) is 2.86. The molecule has 1 amide bonds. The molecule has 0 fully saturated rings. The molecule has 0 saturated heterocycles. The highest BCUT2D eigenvalue weighted by atomic mass is 32.1. The number of thiazole rings is 1. The fourth-order valence-corrected chi connectivity index (χ4v) is 2.52. The maximum atomic E-state index is 12.1. The molecule has 0 aromatic carbocycles. The average molecular weight is 300 g/mol. The zero-order valence-corrected chi connectivity index (χ0v) is 13.6. The Kier molecular flexibility index (Phi) is 5.76. The number of nitrogens with zero attached hydrogens (tertiary/aromatic N) is 2. The van der Waals surface area contributed by atoms with Gasteiger partial charge in [0.15, 0.2) is 5.13 Å². The first-order chi connectivity index (χ1) is 9.30. The van der Waals surface area contributed by atoms with Crippen LogP contribution < -0.4 is 16.0 Å². The summed E-state index contributed by atoms with van der Waals surface area (Å²) in [5.74, 6) is 0.0700. The van der Waals surface area contributed by atoms with Crippen molar-refractivity contribution in [3.8, 4) is 0 Å².